The van der Waals surface area contributed by atoms with Gasteiger partial charge in [0.15, 0.2) is 5.78 Å². The summed E-state index contributed by atoms with van der Waals surface area (Å²) in [5, 5.41) is 0. The Labute approximate surface area is 189 Å². The van der Waals surface area contributed by atoms with Gasteiger partial charge in [0, 0.05) is 49.9 Å². The van der Waals surface area contributed by atoms with Gasteiger partial charge in [-0.25, -0.2) is 0 Å². The lowest BCUT2D eigenvalue weighted by atomic mass is 9.93. The van der Waals surface area contributed by atoms with E-state index in [2.05, 4.69) is 28.0 Å². The monoisotopic (exact) mass is 428 g/mol. The first-order valence-corrected chi connectivity index (χ1v) is 11.2. The Morgan fingerprint density at radius 2 is 1.81 bits per heavy atom. The highest BCUT2D eigenvalue weighted by atomic mass is 16.5. The van der Waals surface area contributed by atoms with Gasteiger partial charge in [-0.3, -0.25) is 9.69 Å². The molecule has 0 saturated carbocycles. The van der Waals surface area contributed by atoms with Crippen LogP contribution in [0.15, 0.2) is 78.0 Å². The molecule has 0 atom stereocenters. The van der Waals surface area contributed by atoms with Crippen LogP contribution in [0.25, 0.3) is 5.57 Å². The Kier molecular flexibility index (Phi) is 5.93. The highest BCUT2D eigenvalue weighted by Gasteiger charge is 2.33. The van der Waals surface area contributed by atoms with Gasteiger partial charge < -0.3 is 14.4 Å². The average Bonchev–Trinajstić information content (AvgIpc) is 3.12. The predicted octanol–water partition coefficient (Wildman–Crippen LogP) is 3.78. The number of fused-ring (bicyclic) bond motifs is 1. The molecule has 0 spiro atoms. The van der Waals surface area contributed by atoms with Crippen LogP contribution in [-0.4, -0.2) is 68.6 Å². The van der Waals surface area contributed by atoms with Crippen molar-refractivity contribution in [3.05, 3.63) is 94.7 Å². The Balaban J connectivity index is 1.43. The summed E-state index contributed by atoms with van der Waals surface area (Å²) in [6.45, 7) is 5.62. The summed E-state index contributed by atoms with van der Waals surface area (Å²) in [5.41, 5.74) is 5.63. The molecular weight excluding hydrogens is 400 g/mol. The van der Waals surface area contributed by atoms with E-state index >= 15 is 0 Å². The second-order valence-corrected chi connectivity index (χ2v) is 8.40. The van der Waals surface area contributed by atoms with Crippen LogP contribution in [0.5, 0.6) is 5.75 Å². The molecule has 1 aliphatic carbocycles. The third kappa shape index (κ3) is 4.14. The lowest BCUT2D eigenvalue weighted by Gasteiger charge is -2.26. The molecule has 0 radical (unpaired) electrons. The second kappa shape index (κ2) is 9.15. The molecular formula is C27H28N2O3. The number of nitrogens with zero attached hydrogens (tertiary/aromatic N) is 2. The fraction of sp³-hybridized carbons (Fsp3) is 0.296. The van der Waals surface area contributed by atoms with Crippen LogP contribution in [0.1, 0.15) is 21.5 Å². The van der Waals surface area contributed by atoms with Gasteiger partial charge in [-0.2, -0.15) is 0 Å². The highest BCUT2D eigenvalue weighted by molar-refractivity contribution is 6.25. The number of carbonyl (C=O) groups excluding carboxylic acids is 1. The summed E-state index contributed by atoms with van der Waals surface area (Å²) in [6, 6.07) is 16.1. The van der Waals surface area contributed by atoms with Crippen molar-refractivity contribution in [2.45, 2.75) is 0 Å². The van der Waals surface area contributed by atoms with E-state index in [4.69, 9.17) is 9.47 Å². The van der Waals surface area contributed by atoms with Crippen LogP contribution in [0.3, 0.4) is 0 Å². The first-order chi connectivity index (χ1) is 15.7. The molecule has 5 nitrogen and oxygen atoms in total. The molecule has 2 heterocycles. The van der Waals surface area contributed by atoms with E-state index in [9.17, 15) is 4.79 Å². The van der Waals surface area contributed by atoms with Gasteiger partial charge in [0.25, 0.3) is 0 Å². The maximum Gasteiger partial charge on any atom is 0.194 e. The van der Waals surface area contributed by atoms with Gasteiger partial charge in [-0.15, -0.1) is 0 Å². The van der Waals surface area contributed by atoms with Gasteiger partial charge >= 0.3 is 0 Å². The third-order valence-corrected chi connectivity index (χ3v) is 6.20. The van der Waals surface area contributed by atoms with Crippen molar-refractivity contribution in [1.82, 2.24) is 9.80 Å². The van der Waals surface area contributed by atoms with Crippen LogP contribution in [0, 0.1) is 0 Å². The Hall–Kier alpha value is -3.15. The van der Waals surface area contributed by atoms with Gasteiger partial charge in [-0.05, 0) is 47.2 Å². The summed E-state index contributed by atoms with van der Waals surface area (Å²) < 4.78 is 11.4. The van der Waals surface area contributed by atoms with E-state index in [1.165, 1.54) is 0 Å². The summed E-state index contributed by atoms with van der Waals surface area (Å²) >= 11 is 0. The number of allylic oxidation sites excluding steroid dienone is 2. The molecule has 2 aromatic carbocycles. The number of rotatable bonds is 6. The lowest BCUT2D eigenvalue weighted by Crippen LogP contribution is -2.38. The summed E-state index contributed by atoms with van der Waals surface area (Å²) in [4.78, 5) is 18.1. The smallest absolute Gasteiger partial charge is 0.194 e. The number of hydrogen-bond acceptors (Lipinski definition) is 5. The van der Waals surface area contributed by atoms with Crippen LogP contribution >= 0.6 is 0 Å². The number of morpholine rings is 1. The molecule has 0 unspecified atom stereocenters. The maximum atomic E-state index is 13.6. The van der Waals surface area contributed by atoms with Crippen molar-refractivity contribution in [2.75, 3.05) is 53.0 Å². The van der Waals surface area contributed by atoms with Crippen molar-refractivity contribution in [3.63, 3.8) is 0 Å². The van der Waals surface area contributed by atoms with E-state index < -0.39 is 0 Å². The van der Waals surface area contributed by atoms with E-state index in [1.54, 1.807) is 0 Å². The van der Waals surface area contributed by atoms with E-state index in [0.717, 1.165) is 72.0 Å². The molecule has 0 N–H and O–H groups in total. The lowest BCUT2D eigenvalue weighted by molar-refractivity contribution is 0.0322. The molecule has 0 bridgehead atoms. The molecule has 1 saturated heterocycles. The van der Waals surface area contributed by atoms with Crippen LogP contribution < -0.4 is 4.74 Å². The topological polar surface area (TPSA) is 42.0 Å². The molecule has 2 aliphatic heterocycles. The minimum Gasteiger partial charge on any atom is -0.492 e. The molecule has 32 heavy (non-hydrogen) atoms. The molecule has 3 aliphatic rings. The minimum absolute atomic E-state index is 0.0763. The van der Waals surface area contributed by atoms with Gasteiger partial charge in [0.1, 0.15) is 12.4 Å². The van der Waals surface area contributed by atoms with Crippen LogP contribution in [0.4, 0.5) is 0 Å². The molecule has 0 amide bonds. The van der Waals surface area contributed by atoms with Crippen molar-refractivity contribution in [1.29, 1.82) is 0 Å². The third-order valence-electron chi connectivity index (χ3n) is 6.20. The zero-order chi connectivity index (χ0) is 21.9. The standard InChI is InChI=1S/C27H28N2O3/c1-28-11-5-8-21(19-28)26-25(20-6-3-2-4-7-20)23-10-9-22(18-24(23)27(26)30)32-17-14-29-12-15-31-16-13-29/h2-11,18H,12-17,19H2,1H3. The number of benzene rings is 2. The van der Waals surface area contributed by atoms with Gasteiger partial charge in [-0.1, -0.05) is 36.4 Å². The Bertz CT molecular complexity index is 1100. The number of ketones is 1. The number of carbonyl (C=O) groups is 1. The van der Waals surface area contributed by atoms with E-state index in [1.807, 2.05) is 55.7 Å². The highest BCUT2D eigenvalue weighted by Crippen LogP contribution is 2.42. The summed E-state index contributed by atoms with van der Waals surface area (Å²) in [5.74, 6) is 0.820. The molecule has 0 aromatic heterocycles. The van der Waals surface area contributed by atoms with E-state index in [0.29, 0.717) is 13.2 Å². The molecule has 2 aromatic rings. The number of likely N-dealkylation sites (N-methyl/N-ethyl adjacent to an activating group) is 1. The Morgan fingerprint density at radius 3 is 2.59 bits per heavy atom. The quantitative estimate of drug-likeness (QED) is 0.701. The Morgan fingerprint density at radius 1 is 1.00 bits per heavy atom. The number of Topliss-reactive ketones (excluding diaryl/α,β-unsaturated/α-hetero) is 1. The SMILES string of the molecule is CN1C=CC=C(C2=C(c3ccccc3)c3ccc(OCCN4CCOCC4)cc3C2=O)C1. The van der Waals surface area contributed by atoms with Crippen molar-refractivity contribution >= 4 is 11.4 Å². The minimum atomic E-state index is 0.0763. The van der Waals surface area contributed by atoms with Crippen LogP contribution in [-0.2, 0) is 4.74 Å². The molecule has 164 valence electrons. The molecule has 1 fully saturated rings. The van der Waals surface area contributed by atoms with Crippen molar-refractivity contribution in [3.8, 4) is 5.75 Å². The predicted molar refractivity (Wildman–Crippen MR) is 126 cm³/mol. The van der Waals surface area contributed by atoms with Crippen molar-refractivity contribution < 1.29 is 14.3 Å². The number of hydrogen-bond donors (Lipinski definition) is 0. The first-order valence-electron chi connectivity index (χ1n) is 11.2. The normalized spacial score (nSPS) is 18.7. The second-order valence-electron chi connectivity index (χ2n) is 8.40. The zero-order valence-electron chi connectivity index (χ0n) is 18.4. The fourth-order valence-corrected chi connectivity index (χ4v) is 4.57. The average molecular weight is 429 g/mol. The summed E-state index contributed by atoms with van der Waals surface area (Å²) in [7, 11) is 2.03. The van der Waals surface area contributed by atoms with E-state index in [-0.39, 0.29) is 5.78 Å². The molecule has 5 heteroatoms. The van der Waals surface area contributed by atoms with Crippen molar-refractivity contribution in [2.24, 2.45) is 0 Å². The maximum absolute atomic E-state index is 13.6. The fourth-order valence-electron chi connectivity index (χ4n) is 4.57. The first kappa shape index (κ1) is 20.7. The zero-order valence-corrected chi connectivity index (χ0v) is 18.4. The largest absolute Gasteiger partial charge is 0.492 e. The van der Waals surface area contributed by atoms with Gasteiger partial charge in [0.05, 0.1) is 13.2 Å². The summed E-state index contributed by atoms with van der Waals surface area (Å²) in [6.07, 6.45) is 6.09. The molecule has 5 rings (SSSR count). The number of ether oxygens (including phenoxy) is 2. The van der Waals surface area contributed by atoms with Gasteiger partial charge in [0.2, 0.25) is 0 Å². The van der Waals surface area contributed by atoms with Crippen LogP contribution in [0.2, 0.25) is 0 Å².